The van der Waals surface area contributed by atoms with Crippen molar-refractivity contribution in [3.05, 3.63) is 66.5 Å². The van der Waals surface area contributed by atoms with E-state index in [2.05, 4.69) is 75.1 Å². The van der Waals surface area contributed by atoms with Gasteiger partial charge >= 0.3 is 0 Å². The number of fused-ring (bicyclic) bond motifs is 1. The van der Waals surface area contributed by atoms with Crippen molar-refractivity contribution in [1.29, 1.82) is 0 Å². The van der Waals surface area contributed by atoms with Crippen LogP contribution in [0.3, 0.4) is 0 Å². The fourth-order valence-electron chi connectivity index (χ4n) is 4.74. The van der Waals surface area contributed by atoms with Crippen LogP contribution in [0.5, 0.6) is 0 Å². The molecule has 0 bridgehead atoms. The number of aryl methyl sites for hydroxylation is 1. The summed E-state index contributed by atoms with van der Waals surface area (Å²) in [5.41, 5.74) is 3.73. The number of aromatic nitrogens is 2. The van der Waals surface area contributed by atoms with E-state index in [9.17, 15) is 4.79 Å². The first-order valence-corrected chi connectivity index (χ1v) is 17.6. The van der Waals surface area contributed by atoms with Crippen LogP contribution in [-0.4, -0.2) is 70.5 Å². The molecule has 1 aromatic carbocycles. The summed E-state index contributed by atoms with van der Waals surface area (Å²) < 4.78 is 2.32. The molecule has 2 aromatic rings. The molecule has 2 rings (SSSR count). The Morgan fingerprint density at radius 2 is 1.64 bits per heavy atom. The number of nitrogens with zero attached hydrogens (tertiary/aromatic N) is 4. The van der Waals surface area contributed by atoms with Crippen LogP contribution in [0.25, 0.3) is 11.0 Å². The Morgan fingerprint density at radius 3 is 2.19 bits per heavy atom. The second-order valence-electron chi connectivity index (χ2n) is 12.0. The molecule has 0 aliphatic carbocycles. The zero-order chi connectivity index (χ0) is 31.5. The Balaban J connectivity index is 0.00000281. The number of allylic oxidation sites excluding steroid dienone is 4. The predicted octanol–water partition coefficient (Wildman–Crippen LogP) is 8.90. The minimum absolute atomic E-state index is 0.127. The van der Waals surface area contributed by atoms with Crippen LogP contribution in [0.4, 0.5) is 0 Å². The van der Waals surface area contributed by atoms with Crippen LogP contribution in [-0.2, 0) is 13.0 Å². The molecule has 0 saturated heterocycles. The summed E-state index contributed by atoms with van der Waals surface area (Å²) in [5.74, 6) is 2.26. The van der Waals surface area contributed by atoms with Gasteiger partial charge in [0, 0.05) is 31.6 Å². The zero-order valence-corrected chi connectivity index (χ0v) is 28.9. The number of hydrogen-bond acceptors (Lipinski definition) is 4. The molecular formula is C36H60N4OS. The smallest absolute Gasteiger partial charge is 0.253 e. The summed E-state index contributed by atoms with van der Waals surface area (Å²) in [5, 5.41) is 0. The van der Waals surface area contributed by atoms with Crippen molar-refractivity contribution in [1.82, 2.24) is 19.4 Å². The summed E-state index contributed by atoms with van der Waals surface area (Å²) in [6.07, 6.45) is 16.0. The van der Waals surface area contributed by atoms with E-state index in [1.54, 1.807) is 17.8 Å². The van der Waals surface area contributed by atoms with Gasteiger partial charge in [0.1, 0.15) is 5.82 Å². The van der Waals surface area contributed by atoms with Crippen LogP contribution in [0, 0.1) is 11.8 Å². The second-order valence-corrected chi connectivity index (χ2v) is 12.8. The third-order valence-corrected chi connectivity index (χ3v) is 7.30. The average molecular weight is 597 g/mol. The Labute approximate surface area is 262 Å². The van der Waals surface area contributed by atoms with Gasteiger partial charge in [-0.05, 0) is 93.4 Å². The third kappa shape index (κ3) is 13.8. The van der Waals surface area contributed by atoms with Crippen molar-refractivity contribution >= 4 is 28.7 Å². The standard InChI is InChI=1S/C34H54N4O.C2H6S/c1-9-12-15-29(8)25-33-35-31-17-16-30(34(39)37(23-18-27(4)5)24-19-28(6)7)26-32(31)38(33)22-14-21-36(11-3)20-13-10-2;1-3-2/h9,12,15-17,26-28H,1,8,10-11,13-14,18-25H2,2-7H3;1-2H3/b15-12-;. The van der Waals surface area contributed by atoms with Gasteiger partial charge in [0.15, 0.2) is 0 Å². The van der Waals surface area contributed by atoms with Gasteiger partial charge in [0.25, 0.3) is 5.91 Å². The highest BCUT2D eigenvalue weighted by Crippen LogP contribution is 2.22. The van der Waals surface area contributed by atoms with Crippen molar-refractivity contribution in [2.24, 2.45) is 11.8 Å². The van der Waals surface area contributed by atoms with Crippen molar-refractivity contribution in [2.45, 2.75) is 86.6 Å². The number of imidazole rings is 1. The van der Waals surface area contributed by atoms with Gasteiger partial charge in [-0.3, -0.25) is 4.79 Å². The molecule has 0 aliphatic rings. The largest absolute Gasteiger partial charge is 0.339 e. The SMILES string of the molecule is C=C/C=C\C(=C)Cc1nc2ccc(C(=O)N(CCC(C)C)CCC(C)C)cc2n1CCCN(CC)CCCC.CSC. The van der Waals surface area contributed by atoms with Gasteiger partial charge in [-0.1, -0.05) is 79.3 Å². The predicted molar refractivity (Wildman–Crippen MR) is 188 cm³/mol. The first kappa shape index (κ1) is 37.7. The van der Waals surface area contributed by atoms with Crippen molar-refractivity contribution < 1.29 is 4.79 Å². The highest BCUT2D eigenvalue weighted by molar-refractivity contribution is 7.97. The number of thioether (sulfide) groups is 1. The second kappa shape index (κ2) is 21.4. The van der Waals surface area contributed by atoms with E-state index in [4.69, 9.17) is 4.98 Å². The number of unbranched alkanes of at least 4 members (excludes halogenated alkanes) is 1. The lowest BCUT2D eigenvalue weighted by Crippen LogP contribution is -2.34. The van der Waals surface area contributed by atoms with Crippen LogP contribution in [0.15, 0.2) is 55.2 Å². The molecule has 1 aromatic heterocycles. The van der Waals surface area contributed by atoms with Crippen molar-refractivity contribution in [3.63, 3.8) is 0 Å². The van der Waals surface area contributed by atoms with E-state index >= 15 is 0 Å². The molecule has 0 N–H and O–H groups in total. The monoisotopic (exact) mass is 596 g/mol. The van der Waals surface area contributed by atoms with Gasteiger partial charge < -0.3 is 14.4 Å². The number of amides is 1. The average Bonchev–Trinajstić information content (AvgIpc) is 3.29. The van der Waals surface area contributed by atoms with Crippen LogP contribution < -0.4 is 0 Å². The summed E-state index contributed by atoms with van der Waals surface area (Å²) in [6, 6.07) is 6.05. The van der Waals surface area contributed by atoms with Gasteiger partial charge in [0.05, 0.1) is 11.0 Å². The molecule has 0 radical (unpaired) electrons. The molecular weight excluding hydrogens is 536 g/mol. The van der Waals surface area contributed by atoms with Crippen LogP contribution >= 0.6 is 11.8 Å². The van der Waals surface area contributed by atoms with Gasteiger partial charge in [-0.15, -0.1) is 0 Å². The lowest BCUT2D eigenvalue weighted by atomic mass is 10.1. The number of rotatable bonds is 19. The number of benzene rings is 1. The molecule has 1 amide bonds. The molecule has 5 nitrogen and oxygen atoms in total. The molecule has 0 aliphatic heterocycles. The van der Waals surface area contributed by atoms with Crippen molar-refractivity contribution in [3.8, 4) is 0 Å². The van der Waals surface area contributed by atoms with Crippen LogP contribution in [0.2, 0.25) is 0 Å². The fourth-order valence-corrected chi connectivity index (χ4v) is 4.74. The zero-order valence-electron chi connectivity index (χ0n) is 28.1. The maximum Gasteiger partial charge on any atom is 0.253 e. The third-order valence-electron chi connectivity index (χ3n) is 7.30. The molecule has 0 saturated carbocycles. The molecule has 0 atom stereocenters. The summed E-state index contributed by atoms with van der Waals surface area (Å²) in [7, 11) is 0. The maximum absolute atomic E-state index is 13.7. The Hall–Kier alpha value is -2.31. The molecule has 0 fully saturated rings. The van der Waals surface area contributed by atoms with E-state index in [1.165, 1.54) is 12.8 Å². The van der Waals surface area contributed by atoms with E-state index in [-0.39, 0.29) is 5.91 Å². The quantitative estimate of drug-likeness (QED) is 0.152. The van der Waals surface area contributed by atoms with Gasteiger partial charge in [0.2, 0.25) is 0 Å². The Kier molecular flexibility index (Phi) is 19.2. The topological polar surface area (TPSA) is 41.4 Å². The first-order valence-electron chi connectivity index (χ1n) is 16.0. The lowest BCUT2D eigenvalue weighted by molar-refractivity contribution is 0.0741. The highest BCUT2D eigenvalue weighted by atomic mass is 32.2. The number of carbonyl (C=O) groups excluding carboxylic acids is 1. The summed E-state index contributed by atoms with van der Waals surface area (Å²) >= 11 is 1.75. The molecule has 6 heteroatoms. The molecule has 0 unspecified atom stereocenters. The van der Waals surface area contributed by atoms with Crippen molar-refractivity contribution in [2.75, 3.05) is 45.2 Å². The van der Waals surface area contributed by atoms with E-state index in [1.807, 2.05) is 36.8 Å². The normalized spacial score (nSPS) is 11.5. The Morgan fingerprint density at radius 1 is 1.02 bits per heavy atom. The van der Waals surface area contributed by atoms with E-state index in [0.717, 1.165) is 86.5 Å². The van der Waals surface area contributed by atoms with Gasteiger partial charge in [-0.2, -0.15) is 11.8 Å². The lowest BCUT2D eigenvalue weighted by Gasteiger charge is -2.25. The number of carbonyl (C=O) groups is 1. The Bertz CT molecular complexity index is 1090. The molecule has 1 heterocycles. The van der Waals surface area contributed by atoms with Crippen LogP contribution in [0.1, 0.15) is 89.8 Å². The molecule has 236 valence electrons. The highest BCUT2D eigenvalue weighted by Gasteiger charge is 2.19. The summed E-state index contributed by atoms with van der Waals surface area (Å²) in [6.45, 7) is 27.1. The van der Waals surface area contributed by atoms with E-state index < -0.39 is 0 Å². The van der Waals surface area contributed by atoms with Gasteiger partial charge in [-0.25, -0.2) is 4.98 Å². The first-order chi connectivity index (χ1) is 20.1. The molecule has 0 spiro atoms. The minimum Gasteiger partial charge on any atom is -0.339 e. The van der Waals surface area contributed by atoms with E-state index in [0.29, 0.717) is 18.3 Å². The maximum atomic E-state index is 13.7. The summed E-state index contributed by atoms with van der Waals surface area (Å²) in [4.78, 5) is 23.3. The molecule has 42 heavy (non-hydrogen) atoms. The number of hydrogen-bond donors (Lipinski definition) is 0. The fraction of sp³-hybridized carbons (Fsp3) is 0.611. The minimum atomic E-state index is 0.127.